The number of ketones is 3. The Hall–Kier alpha value is -2.76. The lowest BCUT2D eigenvalue weighted by molar-refractivity contribution is -0.119. The van der Waals surface area contributed by atoms with Gasteiger partial charge in [-0.2, -0.15) is 0 Å². The van der Waals surface area contributed by atoms with Crippen molar-refractivity contribution in [3.05, 3.63) is 41.1 Å². The van der Waals surface area contributed by atoms with E-state index in [9.17, 15) is 19.2 Å². The van der Waals surface area contributed by atoms with Crippen molar-refractivity contribution in [1.29, 1.82) is 0 Å². The fourth-order valence-corrected chi connectivity index (χ4v) is 2.30. The van der Waals surface area contributed by atoms with Gasteiger partial charge in [-0.15, -0.1) is 0 Å². The number of rotatable bonds is 2. The molecule has 1 aromatic rings. The number of benzene rings is 1. The van der Waals surface area contributed by atoms with Crippen LogP contribution in [-0.4, -0.2) is 30.6 Å². The monoisotopic (exact) mass is 287 g/mol. The molecule has 6 nitrogen and oxygen atoms in total. The van der Waals surface area contributed by atoms with Gasteiger partial charge in [0.2, 0.25) is 5.78 Å². The molecule has 1 heterocycles. The smallest absolute Gasteiger partial charge is 0.418 e. The van der Waals surface area contributed by atoms with Crippen LogP contribution < -0.4 is 4.90 Å². The minimum atomic E-state index is -0.830. The van der Waals surface area contributed by atoms with Gasteiger partial charge < -0.3 is 4.74 Å². The Labute approximate surface area is 121 Å². The molecule has 0 unspecified atom stereocenters. The van der Waals surface area contributed by atoms with Crippen LogP contribution in [0, 0.1) is 0 Å². The molecule has 0 saturated heterocycles. The average Bonchev–Trinajstić information content (AvgIpc) is 2.72. The number of Topliss-reactive ketones (excluding diaryl/α,β-unsaturated/α-hetero) is 3. The van der Waals surface area contributed by atoms with Crippen LogP contribution in [0.1, 0.15) is 24.2 Å². The molecule has 0 saturated carbocycles. The Balaban J connectivity index is 2.80. The molecule has 1 aliphatic heterocycles. The normalized spacial score (nSPS) is 13.0. The van der Waals surface area contributed by atoms with E-state index in [0.717, 1.165) is 12.0 Å². The molecule has 0 aromatic heterocycles. The largest absolute Gasteiger partial charge is 0.452 e. The topological polar surface area (TPSA) is 80.8 Å². The lowest BCUT2D eigenvalue weighted by Gasteiger charge is -2.18. The Kier molecular flexibility index (Phi) is 3.71. The molecule has 6 heteroatoms. The zero-order valence-electron chi connectivity index (χ0n) is 11.8. The van der Waals surface area contributed by atoms with Crippen LogP contribution in [0.15, 0.2) is 35.5 Å². The maximum atomic E-state index is 12.5. The molecule has 2 rings (SSSR count). The van der Waals surface area contributed by atoms with Crippen LogP contribution in [0.5, 0.6) is 0 Å². The second-order valence-electron chi connectivity index (χ2n) is 4.49. The van der Waals surface area contributed by atoms with Crippen LogP contribution in [-0.2, 0) is 14.3 Å². The molecule has 0 aliphatic carbocycles. The van der Waals surface area contributed by atoms with Gasteiger partial charge in [-0.1, -0.05) is 12.1 Å². The number of para-hydroxylation sites is 1. The molecular weight excluding hydrogens is 274 g/mol. The highest BCUT2D eigenvalue weighted by atomic mass is 16.5. The zero-order valence-corrected chi connectivity index (χ0v) is 11.8. The molecule has 21 heavy (non-hydrogen) atoms. The van der Waals surface area contributed by atoms with E-state index in [-0.39, 0.29) is 16.8 Å². The minimum Gasteiger partial charge on any atom is -0.452 e. The lowest BCUT2D eigenvalue weighted by Crippen LogP contribution is -2.31. The highest BCUT2D eigenvalue weighted by molar-refractivity contribution is 6.32. The van der Waals surface area contributed by atoms with E-state index >= 15 is 0 Å². The molecule has 0 atom stereocenters. The number of fused-ring (bicyclic) bond motifs is 1. The van der Waals surface area contributed by atoms with E-state index in [1.165, 1.54) is 19.9 Å². The number of methoxy groups -OCH3 is 1. The van der Waals surface area contributed by atoms with Gasteiger partial charge in [-0.05, 0) is 26.0 Å². The molecular formula is C15H13NO5. The average molecular weight is 287 g/mol. The first-order valence-corrected chi connectivity index (χ1v) is 6.18. The summed E-state index contributed by atoms with van der Waals surface area (Å²) in [7, 11) is 1.16. The van der Waals surface area contributed by atoms with Crippen molar-refractivity contribution in [1.82, 2.24) is 0 Å². The molecule has 0 bridgehead atoms. The van der Waals surface area contributed by atoms with Crippen molar-refractivity contribution < 1.29 is 23.9 Å². The van der Waals surface area contributed by atoms with Crippen LogP contribution in [0.3, 0.4) is 0 Å². The van der Waals surface area contributed by atoms with Gasteiger partial charge in [0.05, 0.1) is 18.4 Å². The third-order valence-electron chi connectivity index (χ3n) is 3.13. The van der Waals surface area contributed by atoms with Gasteiger partial charge in [0.15, 0.2) is 11.6 Å². The summed E-state index contributed by atoms with van der Waals surface area (Å²) in [6.07, 6.45) is -0.830. The van der Waals surface area contributed by atoms with Crippen molar-refractivity contribution in [3.8, 4) is 0 Å². The number of hydrogen-bond acceptors (Lipinski definition) is 5. The van der Waals surface area contributed by atoms with E-state index in [1.54, 1.807) is 18.2 Å². The SMILES string of the molecule is COC(=O)N1C(=C(C(C)=O)C(C)=O)C(=O)c2ccccc21. The van der Waals surface area contributed by atoms with Gasteiger partial charge in [0, 0.05) is 5.56 Å². The van der Waals surface area contributed by atoms with Crippen LogP contribution in [0.4, 0.5) is 10.5 Å². The van der Waals surface area contributed by atoms with Gasteiger partial charge in [0.1, 0.15) is 5.70 Å². The highest BCUT2D eigenvalue weighted by Gasteiger charge is 2.40. The molecule has 108 valence electrons. The minimum absolute atomic E-state index is 0.247. The van der Waals surface area contributed by atoms with Crippen molar-refractivity contribution in [2.45, 2.75) is 13.8 Å². The summed E-state index contributed by atoms with van der Waals surface area (Å²) in [5.41, 5.74) is -0.00750. The van der Waals surface area contributed by atoms with E-state index < -0.39 is 23.4 Å². The van der Waals surface area contributed by atoms with E-state index in [4.69, 9.17) is 0 Å². The summed E-state index contributed by atoms with van der Waals surface area (Å²) in [5, 5.41) is 0. The summed E-state index contributed by atoms with van der Waals surface area (Å²) < 4.78 is 4.66. The Morgan fingerprint density at radius 2 is 1.62 bits per heavy atom. The van der Waals surface area contributed by atoms with Crippen LogP contribution in [0.25, 0.3) is 0 Å². The quantitative estimate of drug-likeness (QED) is 0.471. The summed E-state index contributed by atoms with van der Waals surface area (Å²) >= 11 is 0. The number of ether oxygens (including phenoxy) is 1. The standard InChI is InChI=1S/C15H13NO5/c1-8(17)12(9(2)18)13-14(19)10-6-4-5-7-11(10)16(13)15(20)21-3/h4-7H,1-3H3. The van der Waals surface area contributed by atoms with E-state index in [1.807, 2.05) is 0 Å². The van der Waals surface area contributed by atoms with Gasteiger partial charge >= 0.3 is 6.09 Å². The number of allylic oxidation sites excluding steroid dienone is 2. The van der Waals surface area contributed by atoms with Gasteiger partial charge in [0.25, 0.3) is 0 Å². The molecule has 0 fully saturated rings. The third kappa shape index (κ3) is 2.24. The fraction of sp³-hybridized carbons (Fsp3) is 0.200. The maximum Gasteiger partial charge on any atom is 0.418 e. The molecule has 0 spiro atoms. The highest BCUT2D eigenvalue weighted by Crippen LogP contribution is 2.36. The van der Waals surface area contributed by atoms with Crippen molar-refractivity contribution in [3.63, 3.8) is 0 Å². The lowest BCUT2D eigenvalue weighted by atomic mass is 10.0. The number of amides is 1. The first-order chi connectivity index (χ1) is 9.90. The number of carbonyl (C=O) groups is 4. The first-order valence-electron chi connectivity index (χ1n) is 6.18. The molecule has 0 radical (unpaired) electrons. The predicted octanol–water partition coefficient (Wildman–Crippen LogP) is 1.89. The maximum absolute atomic E-state index is 12.5. The number of hydrogen-bond donors (Lipinski definition) is 0. The Morgan fingerprint density at radius 1 is 1.05 bits per heavy atom. The Bertz CT molecular complexity index is 686. The van der Waals surface area contributed by atoms with Crippen LogP contribution >= 0.6 is 0 Å². The molecule has 0 N–H and O–H groups in total. The second kappa shape index (κ2) is 5.32. The van der Waals surface area contributed by atoms with Crippen molar-refractivity contribution >= 4 is 29.1 Å². The number of carbonyl (C=O) groups excluding carboxylic acids is 4. The van der Waals surface area contributed by atoms with Gasteiger partial charge in [-0.25, -0.2) is 9.69 Å². The molecule has 1 amide bonds. The number of nitrogens with zero attached hydrogens (tertiary/aromatic N) is 1. The first kappa shape index (κ1) is 14.6. The number of anilines is 1. The van der Waals surface area contributed by atoms with Crippen LogP contribution in [0.2, 0.25) is 0 Å². The fourth-order valence-electron chi connectivity index (χ4n) is 2.30. The summed E-state index contributed by atoms with van der Waals surface area (Å²) in [5.74, 6) is -1.70. The van der Waals surface area contributed by atoms with E-state index in [0.29, 0.717) is 5.69 Å². The van der Waals surface area contributed by atoms with E-state index in [2.05, 4.69) is 4.74 Å². The third-order valence-corrected chi connectivity index (χ3v) is 3.13. The Morgan fingerprint density at radius 3 is 2.14 bits per heavy atom. The van der Waals surface area contributed by atoms with Gasteiger partial charge in [-0.3, -0.25) is 14.4 Å². The second-order valence-corrected chi connectivity index (χ2v) is 4.49. The van der Waals surface area contributed by atoms with Crippen molar-refractivity contribution in [2.24, 2.45) is 0 Å². The van der Waals surface area contributed by atoms with Crippen molar-refractivity contribution in [2.75, 3.05) is 12.0 Å². The summed E-state index contributed by atoms with van der Waals surface area (Å²) in [6.45, 7) is 2.35. The predicted molar refractivity (Wildman–Crippen MR) is 74.0 cm³/mol. The molecule has 1 aliphatic rings. The summed E-state index contributed by atoms with van der Waals surface area (Å²) in [6, 6.07) is 6.36. The molecule has 1 aromatic carbocycles. The summed E-state index contributed by atoms with van der Waals surface area (Å²) in [4.78, 5) is 48.8. The zero-order chi connectivity index (χ0) is 15.7.